The van der Waals surface area contributed by atoms with Gasteiger partial charge in [-0.15, -0.1) is 0 Å². The molecule has 4 nitrogen and oxygen atoms in total. The van der Waals surface area contributed by atoms with Crippen LogP contribution < -0.4 is 9.47 Å². The first-order valence-electron chi connectivity index (χ1n) is 7.11. The van der Waals surface area contributed by atoms with Gasteiger partial charge in [-0.05, 0) is 51.8 Å². The number of allylic oxidation sites excluding steroid dienone is 3. The molecule has 118 valence electrons. The fourth-order valence-electron chi connectivity index (χ4n) is 1.84. The Hall–Kier alpha value is -2.36. The second-order valence-electron chi connectivity index (χ2n) is 5.26. The van der Waals surface area contributed by atoms with Crippen molar-refractivity contribution >= 4 is 12.3 Å². The molecule has 0 spiro atoms. The van der Waals surface area contributed by atoms with E-state index < -0.39 is 5.97 Å². The van der Waals surface area contributed by atoms with Crippen molar-refractivity contribution < 1.29 is 19.1 Å². The molecule has 0 atom stereocenters. The third-order valence-corrected chi connectivity index (χ3v) is 2.99. The number of esters is 1. The number of aldehydes is 1. The molecule has 0 aliphatic rings. The second-order valence-corrected chi connectivity index (χ2v) is 5.26. The third-order valence-electron chi connectivity index (χ3n) is 2.99. The lowest BCUT2D eigenvalue weighted by atomic mass is 10.1. The Bertz CT molecular complexity index is 593. The van der Waals surface area contributed by atoms with Crippen LogP contribution in [0.1, 0.15) is 44.0 Å². The maximum Gasteiger partial charge on any atom is 0.336 e. The van der Waals surface area contributed by atoms with Crippen LogP contribution in [0.3, 0.4) is 0 Å². The molecule has 0 N–H and O–H groups in total. The van der Waals surface area contributed by atoms with Crippen LogP contribution >= 0.6 is 0 Å². The van der Waals surface area contributed by atoms with E-state index in [0.29, 0.717) is 23.3 Å². The molecule has 0 aliphatic heterocycles. The van der Waals surface area contributed by atoms with Crippen LogP contribution in [0.2, 0.25) is 0 Å². The molecule has 1 rings (SSSR count). The molecule has 1 aromatic rings. The zero-order valence-electron chi connectivity index (χ0n) is 13.5. The molecule has 0 bridgehead atoms. The van der Waals surface area contributed by atoms with Gasteiger partial charge in [0.15, 0.2) is 11.5 Å². The molecule has 0 fully saturated rings. The van der Waals surface area contributed by atoms with Gasteiger partial charge in [0, 0.05) is 11.6 Å². The van der Waals surface area contributed by atoms with Gasteiger partial charge in [0.05, 0.1) is 7.11 Å². The van der Waals surface area contributed by atoms with E-state index in [-0.39, 0.29) is 0 Å². The van der Waals surface area contributed by atoms with Gasteiger partial charge in [0.2, 0.25) is 0 Å². The number of benzene rings is 1. The monoisotopic (exact) mass is 302 g/mol. The Morgan fingerprint density at radius 1 is 1.18 bits per heavy atom. The van der Waals surface area contributed by atoms with Crippen LogP contribution in [0.5, 0.6) is 11.5 Å². The number of carbonyl (C=O) groups is 2. The topological polar surface area (TPSA) is 52.6 Å². The van der Waals surface area contributed by atoms with Gasteiger partial charge in [-0.2, -0.15) is 0 Å². The molecular weight excluding hydrogens is 280 g/mol. The number of carbonyl (C=O) groups excluding carboxylic acids is 2. The van der Waals surface area contributed by atoms with E-state index in [2.05, 4.69) is 6.08 Å². The van der Waals surface area contributed by atoms with Crippen molar-refractivity contribution in [1.29, 1.82) is 0 Å². The lowest BCUT2D eigenvalue weighted by Crippen LogP contribution is -2.06. The van der Waals surface area contributed by atoms with Crippen LogP contribution in [-0.2, 0) is 4.79 Å². The van der Waals surface area contributed by atoms with E-state index in [1.54, 1.807) is 12.1 Å². The number of hydrogen-bond donors (Lipinski definition) is 0. The largest absolute Gasteiger partial charge is 0.493 e. The molecule has 22 heavy (non-hydrogen) atoms. The fourth-order valence-corrected chi connectivity index (χ4v) is 1.84. The van der Waals surface area contributed by atoms with Crippen LogP contribution in [0.4, 0.5) is 0 Å². The van der Waals surface area contributed by atoms with Gasteiger partial charge in [0.1, 0.15) is 6.29 Å². The quantitative estimate of drug-likeness (QED) is 0.250. The molecular formula is C18H22O4. The maximum absolute atomic E-state index is 11.9. The first kappa shape index (κ1) is 17.7. The molecule has 0 saturated carbocycles. The van der Waals surface area contributed by atoms with Crippen LogP contribution in [0.15, 0.2) is 41.5 Å². The van der Waals surface area contributed by atoms with Gasteiger partial charge in [-0.25, -0.2) is 4.79 Å². The summed E-state index contributed by atoms with van der Waals surface area (Å²) in [5.41, 5.74) is 2.67. The molecule has 0 saturated heterocycles. The highest BCUT2D eigenvalue weighted by Gasteiger charge is 2.09. The lowest BCUT2D eigenvalue weighted by Gasteiger charge is -2.08. The SMILES string of the molecule is COc1cc(C=O)ccc1OC(=O)/C=C(\C)CCC=C(C)C. The third kappa shape index (κ3) is 5.95. The summed E-state index contributed by atoms with van der Waals surface area (Å²) in [5.74, 6) is 0.201. The molecule has 4 heteroatoms. The minimum atomic E-state index is -0.452. The lowest BCUT2D eigenvalue weighted by molar-refractivity contribution is -0.129. The maximum atomic E-state index is 11.9. The summed E-state index contributed by atoms with van der Waals surface area (Å²) in [6.45, 7) is 5.98. The summed E-state index contributed by atoms with van der Waals surface area (Å²) in [4.78, 5) is 22.6. The van der Waals surface area contributed by atoms with E-state index in [4.69, 9.17) is 9.47 Å². The summed E-state index contributed by atoms with van der Waals surface area (Å²) >= 11 is 0. The van der Waals surface area contributed by atoms with E-state index in [0.717, 1.165) is 18.4 Å². The first-order chi connectivity index (χ1) is 10.5. The molecule has 0 heterocycles. The highest BCUT2D eigenvalue weighted by atomic mass is 16.6. The van der Waals surface area contributed by atoms with Crippen LogP contribution in [-0.4, -0.2) is 19.4 Å². The van der Waals surface area contributed by atoms with E-state index in [1.165, 1.54) is 24.8 Å². The van der Waals surface area contributed by atoms with E-state index >= 15 is 0 Å². The van der Waals surface area contributed by atoms with Crippen molar-refractivity contribution in [3.63, 3.8) is 0 Å². The fraction of sp³-hybridized carbons (Fsp3) is 0.333. The smallest absolute Gasteiger partial charge is 0.336 e. The number of methoxy groups -OCH3 is 1. The van der Waals surface area contributed by atoms with Crippen molar-refractivity contribution in [3.05, 3.63) is 47.1 Å². The van der Waals surface area contributed by atoms with Crippen molar-refractivity contribution in [1.82, 2.24) is 0 Å². The summed E-state index contributed by atoms with van der Waals surface area (Å²) in [6, 6.07) is 4.65. The van der Waals surface area contributed by atoms with E-state index in [9.17, 15) is 9.59 Å². The van der Waals surface area contributed by atoms with Crippen molar-refractivity contribution in [2.24, 2.45) is 0 Å². The number of ether oxygens (including phenoxy) is 2. The Morgan fingerprint density at radius 2 is 1.91 bits per heavy atom. The highest BCUT2D eigenvalue weighted by molar-refractivity contribution is 5.85. The Balaban J connectivity index is 2.72. The van der Waals surface area contributed by atoms with Crippen molar-refractivity contribution in [2.75, 3.05) is 7.11 Å². The first-order valence-corrected chi connectivity index (χ1v) is 7.11. The van der Waals surface area contributed by atoms with Crippen LogP contribution in [0.25, 0.3) is 0 Å². The summed E-state index contributed by atoms with van der Waals surface area (Å²) in [6.07, 6.45) is 6.02. The van der Waals surface area contributed by atoms with Gasteiger partial charge >= 0.3 is 5.97 Å². The minimum Gasteiger partial charge on any atom is -0.493 e. The minimum absolute atomic E-state index is 0.298. The molecule has 1 aromatic carbocycles. The average Bonchev–Trinajstić information content (AvgIpc) is 2.47. The molecule has 0 radical (unpaired) electrons. The summed E-state index contributed by atoms with van der Waals surface area (Å²) in [5, 5.41) is 0. The normalized spacial score (nSPS) is 10.8. The predicted molar refractivity (Wildman–Crippen MR) is 86.4 cm³/mol. The number of hydrogen-bond acceptors (Lipinski definition) is 4. The average molecular weight is 302 g/mol. The van der Waals surface area contributed by atoms with Gasteiger partial charge in [-0.1, -0.05) is 17.2 Å². The summed E-state index contributed by atoms with van der Waals surface area (Å²) < 4.78 is 10.4. The van der Waals surface area contributed by atoms with Gasteiger partial charge in [-0.3, -0.25) is 4.79 Å². The van der Waals surface area contributed by atoms with Gasteiger partial charge in [0.25, 0.3) is 0 Å². The standard InChI is InChI=1S/C18H22O4/c1-13(2)6-5-7-14(3)10-18(20)22-16-9-8-15(12-19)11-17(16)21-4/h6,8-12H,5,7H2,1-4H3/b14-10+. The Morgan fingerprint density at radius 3 is 2.50 bits per heavy atom. The summed E-state index contributed by atoms with van der Waals surface area (Å²) in [7, 11) is 1.46. The molecule has 0 unspecified atom stereocenters. The van der Waals surface area contributed by atoms with Crippen molar-refractivity contribution in [2.45, 2.75) is 33.6 Å². The highest BCUT2D eigenvalue weighted by Crippen LogP contribution is 2.27. The molecule has 0 amide bonds. The zero-order chi connectivity index (χ0) is 16.5. The second kappa shape index (κ2) is 8.82. The molecule has 0 aromatic heterocycles. The molecule has 0 aliphatic carbocycles. The van der Waals surface area contributed by atoms with Crippen LogP contribution in [0, 0.1) is 0 Å². The van der Waals surface area contributed by atoms with Crippen molar-refractivity contribution in [3.8, 4) is 11.5 Å². The number of rotatable bonds is 7. The predicted octanol–water partition coefficient (Wildman–Crippen LogP) is 4.11. The Kier molecular flexibility index (Phi) is 7.09. The Labute approximate surface area is 131 Å². The van der Waals surface area contributed by atoms with E-state index in [1.807, 2.05) is 20.8 Å². The zero-order valence-corrected chi connectivity index (χ0v) is 13.5. The van der Waals surface area contributed by atoms with Gasteiger partial charge < -0.3 is 9.47 Å².